The average Bonchev–Trinajstić information content (AvgIpc) is 3.15. The van der Waals surface area contributed by atoms with Crippen molar-refractivity contribution in [2.24, 2.45) is 0 Å². The largest absolute Gasteiger partial charge is 0.508 e. The second-order valence-corrected chi connectivity index (χ2v) is 6.97. The third-order valence-electron chi connectivity index (χ3n) is 4.24. The smallest absolute Gasteiger partial charge is 0.328 e. The highest BCUT2D eigenvalue weighted by Gasteiger charge is 2.33. The van der Waals surface area contributed by atoms with E-state index in [0.717, 1.165) is 12.8 Å². The molecule has 3 rings (SSSR count). The quantitative estimate of drug-likeness (QED) is 0.581. The zero-order valence-electron chi connectivity index (χ0n) is 14.9. The number of likely N-dealkylation sites (tertiary alicyclic amines) is 1. The molecule has 0 saturated carbocycles. The number of hydrogen-bond donors (Lipinski definition) is 1. The standard InChI is InChI=1S/C17H21N5O4S/c1-2-26-16(25)14-5-3-4-10-21(14)15(24)11-27-17-18-19-20-22(17)12-6-8-13(23)9-7-12/h6-9,14,23H,2-5,10-11H2,1H3/t14-/m1/s1. The Hall–Kier alpha value is -2.62. The molecule has 2 aromatic rings. The van der Waals surface area contributed by atoms with Crippen molar-refractivity contribution in [3.63, 3.8) is 0 Å². The predicted molar refractivity (Wildman–Crippen MR) is 97.5 cm³/mol. The maximum Gasteiger partial charge on any atom is 0.328 e. The molecular weight excluding hydrogens is 370 g/mol. The summed E-state index contributed by atoms with van der Waals surface area (Å²) in [5.74, 6) is -0.220. The Morgan fingerprint density at radius 2 is 2.07 bits per heavy atom. The molecule has 1 aromatic heterocycles. The molecule has 1 fully saturated rings. The Bertz CT molecular complexity index is 795. The van der Waals surface area contributed by atoms with Gasteiger partial charge in [0.1, 0.15) is 11.8 Å². The van der Waals surface area contributed by atoms with Gasteiger partial charge in [-0.25, -0.2) is 4.79 Å². The molecule has 0 bridgehead atoms. The summed E-state index contributed by atoms with van der Waals surface area (Å²) >= 11 is 1.20. The number of esters is 1. The molecule has 1 N–H and O–H groups in total. The van der Waals surface area contributed by atoms with E-state index in [1.54, 1.807) is 24.0 Å². The van der Waals surface area contributed by atoms with Crippen LogP contribution in [0, 0.1) is 0 Å². The summed E-state index contributed by atoms with van der Waals surface area (Å²) in [6.45, 7) is 2.60. The number of carbonyl (C=O) groups is 2. The summed E-state index contributed by atoms with van der Waals surface area (Å²) in [6.07, 6.45) is 2.40. The van der Waals surface area contributed by atoms with Gasteiger partial charge in [-0.2, -0.15) is 4.68 Å². The van der Waals surface area contributed by atoms with Gasteiger partial charge in [0.2, 0.25) is 11.1 Å². The first-order valence-electron chi connectivity index (χ1n) is 8.77. The number of amides is 1. The summed E-state index contributed by atoms with van der Waals surface area (Å²) in [6, 6.07) is 5.92. The number of thioether (sulfide) groups is 1. The molecule has 1 amide bonds. The lowest BCUT2D eigenvalue weighted by molar-refractivity contribution is -0.155. The summed E-state index contributed by atoms with van der Waals surface area (Å²) < 4.78 is 6.60. The van der Waals surface area contributed by atoms with Crippen molar-refractivity contribution in [3.05, 3.63) is 24.3 Å². The molecule has 0 radical (unpaired) electrons. The zero-order valence-corrected chi connectivity index (χ0v) is 15.8. The van der Waals surface area contributed by atoms with Gasteiger partial charge in [-0.1, -0.05) is 11.8 Å². The third-order valence-corrected chi connectivity index (χ3v) is 5.15. The minimum Gasteiger partial charge on any atom is -0.508 e. The molecule has 10 heteroatoms. The number of benzene rings is 1. The van der Waals surface area contributed by atoms with Crippen LogP contribution in [-0.2, 0) is 14.3 Å². The van der Waals surface area contributed by atoms with E-state index in [1.165, 1.54) is 28.6 Å². The molecule has 27 heavy (non-hydrogen) atoms. The first-order valence-corrected chi connectivity index (χ1v) is 9.75. The molecule has 2 heterocycles. The van der Waals surface area contributed by atoms with Crippen LogP contribution in [0.2, 0.25) is 0 Å². The van der Waals surface area contributed by atoms with E-state index in [0.29, 0.717) is 30.4 Å². The van der Waals surface area contributed by atoms with Crippen molar-refractivity contribution in [2.45, 2.75) is 37.4 Å². The summed E-state index contributed by atoms with van der Waals surface area (Å²) in [5, 5.41) is 21.4. The number of piperidine rings is 1. The van der Waals surface area contributed by atoms with Gasteiger partial charge in [0, 0.05) is 6.54 Å². The summed E-state index contributed by atoms with van der Waals surface area (Å²) in [5.41, 5.74) is 0.676. The first kappa shape index (κ1) is 19.2. The van der Waals surface area contributed by atoms with Gasteiger partial charge in [-0.05, 0) is 60.9 Å². The van der Waals surface area contributed by atoms with Gasteiger partial charge < -0.3 is 14.7 Å². The van der Waals surface area contributed by atoms with Crippen LogP contribution in [-0.4, -0.2) is 67.0 Å². The topological polar surface area (TPSA) is 110 Å². The van der Waals surface area contributed by atoms with Crippen molar-refractivity contribution >= 4 is 23.6 Å². The molecular formula is C17H21N5O4S. The second kappa shape index (κ2) is 8.85. The summed E-state index contributed by atoms with van der Waals surface area (Å²) in [7, 11) is 0. The minimum absolute atomic E-state index is 0.119. The number of nitrogens with zero attached hydrogens (tertiary/aromatic N) is 5. The number of ether oxygens (including phenoxy) is 1. The number of phenolic OH excluding ortho intramolecular Hbond substituents is 1. The highest BCUT2D eigenvalue weighted by atomic mass is 32.2. The molecule has 9 nitrogen and oxygen atoms in total. The molecule has 1 aliphatic rings. The van der Waals surface area contributed by atoms with Crippen LogP contribution in [0.1, 0.15) is 26.2 Å². The van der Waals surface area contributed by atoms with E-state index in [4.69, 9.17) is 4.74 Å². The number of tetrazole rings is 1. The van der Waals surface area contributed by atoms with E-state index >= 15 is 0 Å². The number of phenols is 1. The average molecular weight is 391 g/mol. The van der Waals surface area contributed by atoms with E-state index in [1.807, 2.05) is 0 Å². The normalized spacial score (nSPS) is 16.9. The summed E-state index contributed by atoms with van der Waals surface area (Å²) in [4.78, 5) is 26.4. The molecule has 0 unspecified atom stereocenters. The molecule has 0 spiro atoms. The number of carbonyl (C=O) groups excluding carboxylic acids is 2. The number of aromatic nitrogens is 4. The van der Waals surface area contributed by atoms with Crippen LogP contribution in [0.4, 0.5) is 0 Å². The fourth-order valence-electron chi connectivity index (χ4n) is 2.95. The fraction of sp³-hybridized carbons (Fsp3) is 0.471. The van der Waals surface area contributed by atoms with Crippen LogP contribution in [0.25, 0.3) is 5.69 Å². The van der Waals surface area contributed by atoms with E-state index in [2.05, 4.69) is 15.5 Å². The van der Waals surface area contributed by atoms with Gasteiger partial charge >= 0.3 is 5.97 Å². The number of aromatic hydroxyl groups is 1. The Morgan fingerprint density at radius 1 is 1.30 bits per heavy atom. The van der Waals surface area contributed by atoms with Crippen molar-refractivity contribution in [2.75, 3.05) is 18.9 Å². The van der Waals surface area contributed by atoms with Gasteiger partial charge in [0.15, 0.2) is 0 Å². The van der Waals surface area contributed by atoms with Crippen LogP contribution in [0.5, 0.6) is 5.75 Å². The maximum atomic E-state index is 12.7. The Labute approximate surface area is 160 Å². The molecule has 144 valence electrons. The molecule has 0 aliphatic carbocycles. The molecule has 1 aliphatic heterocycles. The Kier molecular flexibility index (Phi) is 6.28. The fourth-order valence-corrected chi connectivity index (χ4v) is 3.72. The highest BCUT2D eigenvalue weighted by Crippen LogP contribution is 2.23. The maximum absolute atomic E-state index is 12.7. The van der Waals surface area contributed by atoms with Crippen molar-refractivity contribution in [1.82, 2.24) is 25.1 Å². The predicted octanol–water partition coefficient (Wildman–Crippen LogP) is 1.40. The lowest BCUT2D eigenvalue weighted by atomic mass is 10.0. The number of rotatable bonds is 6. The molecule has 1 aromatic carbocycles. The van der Waals surface area contributed by atoms with Crippen molar-refractivity contribution in [1.29, 1.82) is 0 Å². The molecule has 1 atom stereocenters. The lowest BCUT2D eigenvalue weighted by Crippen LogP contribution is -2.49. The van der Waals surface area contributed by atoms with Crippen molar-refractivity contribution in [3.8, 4) is 11.4 Å². The second-order valence-electron chi connectivity index (χ2n) is 6.03. The number of hydrogen-bond acceptors (Lipinski definition) is 8. The van der Waals surface area contributed by atoms with Crippen molar-refractivity contribution < 1.29 is 19.4 Å². The van der Waals surface area contributed by atoms with Gasteiger partial charge in [0.05, 0.1) is 18.0 Å². The Balaban J connectivity index is 1.66. The van der Waals surface area contributed by atoms with E-state index in [-0.39, 0.29) is 23.4 Å². The van der Waals surface area contributed by atoms with Gasteiger partial charge in [-0.15, -0.1) is 5.10 Å². The monoisotopic (exact) mass is 391 g/mol. The highest BCUT2D eigenvalue weighted by molar-refractivity contribution is 7.99. The van der Waals surface area contributed by atoms with Crippen LogP contribution >= 0.6 is 11.8 Å². The van der Waals surface area contributed by atoms with Crippen LogP contribution in [0.3, 0.4) is 0 Å². The van der Waals surface area contributed by atoms with Gasteiger partial charge in [0.25, 0.3) is 0 Å². The van der Waals surface area contributed by atoms with E-state index in [9.17, 15) is 14.7 Å². The van der Waals surface area contributed by atoms with E-state index < -0.39 is 6.04 Å². The van der Waals surface area contributed by atoms with Crippen LogP contribution < -0.4 is 0 Å². The first-order chi connectivity index (χ1) is 13.1. The lowest BCUT2D eigenvalue weighted by Gasteiger charge is -2.33. The zero-order chi connectivity index (χ0) is 19.2. The minimum atomic E-state index is -0.514. The molecule has 1 saturated heterocycles. The SMILES string of the molecule is CCOC(=O)[C@H]1CCCCN1C(=O)CSc1nnnn1-c1ccc(O)cc1. The third kappa shape index (κ3) is 4.57. The van der Waals surface area contributed by atoms with Gasteiger partial charge in [-0.3, -0.25) is 4.79 Å². The Morgan fingerprint density at radius 3 is 2.81 bits per heavy atom. The van der Waals surface area contributed by atoms with Crippen LogP contribution in [0.15, 0.2) is 29.4 Å².